The molecule has 1 aromatic rings. The van der Waals surface area contributed by atoms with Crippen LogP contribution in [-0.4, -0.2) is 36.6 Å². The highest BCUT2D eigenvalue weighted by Gasteiger charge is 2.21. The number of halogens is 1. The second-order valence-electron chi connectivity index (χ2n) is 7.01. The van der Waals surface area contributed by atoms with Crippen LogP contribution in [0.3, 0.4) is 0 Å². The number of rotatable bonds is 5. The van der Waals surface area contributed by atoms with Crippen molar-refractivity contribution in [2.45, 2.75) is 52.0 Å². The van der Waals surface area contributed by atoms with E-state index in [9.17, 15) is 0 Å². The Kier molecular flexibility index (Phi) is 7.62. The number of nitrogens with zero attached hydrogens (tertiary/aromatic N) is 2. The van der Waals surface area contributed by atoms with E-state index in [4.69, 9.17) is 4.98 Å². The lowest BCUT2D eigenvalue weighted by atomic mass is 9.93. The van der Waals surface area contributed by atoms with Gasteiger partial charge in [0.05, 0.1) is 10.7 Å². The monoisotopic (exact) mass is 331 g/mol. The minimum absolute atomic E-state index is 0. The van der Waals surface area contributed by atoms with E-state index in [0.717, 1.165) is 19.0 Å². The van der Waals surface area contributed by atoms with Gasteiger partial charge in [-0.05, 0) is 51.9 Å². The molecular weight excluding hydrogens is 302 g/mol. The molecule has 0 radical (unpaired) electrons. The van der Waals surface area contributed by atoms with Crippen LogP contribution in [0.25, 0.3) is 0 Å². The Morgan fingerprint density at radius 3 is 2.52 bits per heavy atom. The third kappa shape index (κ3) is 5.85. The predicted molar refractivity (Wildman–Crippen MR) is 94.6 cm³/mol. The zero-order valence-corrected chi connectivity index (χ0v) is 15.4. The summed E-state index contributed by atoms with van der Waals surface area (Å²) in [6, 6.07) is 0. The summed E-state index contributed by atoms with van der Waals surface area (Å²) < 4.78 is 0. The number of aromatic nitrogens is 1. The van der Waals surface area contributed by atoms with Crippen molar-refractivity contribution in [2.75, 3.05) is 26.7 Å². The maximum absolute atomic E-state index is 4.81. The molecule has 1 aliphatic rings. The molecule has 1 N–H and O–H groups in total. The van der Waals surface area contributed by atoms with Gasteiger partial charge in [-0.2, -0.15) is 0 Å². The van der Waals surface area contributed by atoms with E-state index in [0.29, 0.717) is 0 Å². The molecule has 0 amide bonds. The molecule has 122 valence electrons. The summed E-state index contributed by atoms with van der Waals surface area (Å²) in [6.45, 7) is 11.4. The summed E-state index contributed by atoms with van der Waals surface area (Å²) in [5, 5.41) is 6.76. The van der Waals surface area contributed by atoms with Crippen LogP contribution in [0.2, 0.25) is 0 Å². The lowest BCUT2D eigenvalue weighted by molar-refractivity contribution is 0.171. The molecular formula is C16H30ClN3S. The predicted octanol–water partition coefficient (Wildman–Crippen LogP) is 3.68. The Morgan fingerprint density at radius 2 is 2.00 bits per heavy atom. The molecule has 1 fully saturated rings. The molecule has 21 heavy (non-hydrogen) atoms. The van der Waals surface area contributed by atoms with E-state index < -0.39 is 0 Å². The van der Waals surface area contributed by atoms with Crippen molar-refractivity contribution in [3.8, 4) is 0 Å². The summed E-state index contributed by atoms with van der Waals surface area (Å²) in [5.41, 5.74) is 1.44. The fraction of sp³-hybridized carbons (Fsp3) is 0.812. The SMILES string of the molecule is CNCCC1CCN(Cc2csc(C(C)(C)C)n2)CC1.Cl. The molecule has 0 aromatic carbocycles. The highest BCUT2D eigenvalue weighted by atomic mass is 35.5. The molecule has 0 saturated carbocycles. The standard InChI is InChI=1S/C16H29N3S.ClH/c1-16(2,3)15-18-14(12-20-15)11-19-9-6-13(7-10-19)5-8-17-4;/h12-13,17H,5-11H2,1-4H3;1H. The first-order valence-corrected chi connectivity index (χ1v) is 8.69. The first kappa shape index (κ1) is 18.9. The number of nitrogens with one attached hydrogen (secondary N) is 1. The maximum Gasteiger partial charge on any atom is 0.0982 e. The van der Waals surface area contributed by atoms with Crippen LogP contribution in [0.15, 0.2) is 5.38 Å². The zero-order valence-electron chi connectivity index (χ0n) is 13.8. The van der Waals surface area contributed by atoms with Gasteiger partial charge in [0.2, 0.25) is 0 Å². The number of hydrogen-bond acceptors (Lipinski definition) is 4. The van der Waals surface area contributed by atoms with Crippen molar-refractivity contribution in [1.82, 2.24) is 15.2 Å². The van der Waals surface area contributed by atoms with Gasteiger partial charge in [0.1, 0.15) is 0 Å². The van der Waals surface area contributed by atoms with E-state index >= 15 is 0 Å². The van der Waals surface area contributed by atoms with Gasteiger partial charge in [0.25, 0.3) is 0 Å². The largest absolute Gasteiger partial charge is 0.320 e. The van der Waals surface area contributed by atoms with Crippen molar-refractivity contribution in [3.05, 3.63) is 16.1 Å². The number of hydrogen-bond donors (Lipinski definition) is 1. The van der Waals surface area contributed by atoms with Crippen molar-refractivity contribution in [3.63, 3.8) is 0 Å². The average molecular weight is 332 g/mol. The molecule has 0 unspecified atom stereocenters. The number of likely N-dealkylation sites (tertiary alicyclic amines) is 1. The van der Waals surface area contributed by atoms with Gasteiger partial charge in [-0.15, -0.1) is 23.7 Å². The fourth-order valence-electron chi connectivity index (χ4n) is 2.73. The lowest BCUT2D eigenvalue weighted by Crippen LogP contribution is -2.34. The topological polar surface area (TPSA) is 28.2 Å². The van der Waals surface area contributed by atoms with Crippen LogP contribution in [-0.2, 0) is 12.0 Å². The van der Waals surface area contributed by atoms with Gasteiger partial charge in [0.15, 0.2) is 0 Å². The van der Waals surface area contributed by atoms with Gasteiger partial charge in [0, 0.05) is 17.3 Å². The quantitative estimate of drug-likeness (QED) is 0.892. The normalized spacial score (nSPS) is 17.7. The Labute approximate surface area is 139 Å². The van der Waals surface area contributed by atoms with E-state index in [2.05, 4.69) is 36.4 Å². The first-order chi connectivity index (χ1) is 9.49. The molecule has 1 aromatic heterocycles. The Hall–Kier alpha value is -0.160. The molecule has 0 spiro atoms. The highest BCUT2D eigenvalue weighted by Crippen LogP contribution is 2.27. The third-order valence-electron chi connectivity index (χ3n) is 4.09. The van der Waals surface area contributed by atoms with Gasteiger partial charge in [-0.1, -0.05) is 20.8 Å². The summed E-state index contributed by atoms with van der Waals surface area (Å²) >= 11 is 1.81. The van der Waals surface area contributed by atoms with Gasteiger partial charge in [-0.25, -0.2) is 4.98 Å². The van der Waals surface area contributed by atoms with Crippen molar-refractivity contribution >= 4 is 23.7 Å². The van der Waals surface area contributed by atoms with Gasteiger partial charge >= 0.3 is 0 Å². The van der Waals surface area contributed by atoms with Crippen LogP contribution in [0.1, 0.15) is 50.7 Å². The second-order valence-corrected chi connectivity index (χ2v) is 7.86. The molecule has 5 heteroatoms. The summed E-state index contributed by atoms with van der Waals surface area (Å²) in [4.78, 5) is 7.38. The Balaban J connectivity index is 0.00000220. The Morgan fingerprint density at radius 1 is 1.33 bits per heavy atom. The van der Waals surface area contributed by atoms with Crippen LogP contribution in [0, 0.1) is 5.92 Å². The number of thiazole rings is 1. The number of piperidine rings is 1. The first-order valence-electron chi connectivity index (χ1n) is 7.81. The third-order valence-corrected chi connectivity index (χ3v) is 5.41. The van der Waals surface area contributed by atoms with Crippen LogP contribution >= 0.6 is 23.7 Å². The smallest absolute Gasteiger partial charge is 0.0982 e. The molecule has 2 heterocycles. The maximum atomic E-state index is 4.81. The Bertz CT molecular complexity index is 406. The van der Waals surface area contributed by atoms with Crippen LogP contribution < -0.4 is 5.32 Å². The van der Waals surface area contributed by atoms with Crippen molar-refractivity contribution in [1.29, 1.82) is 0 Å². The second kappa shape index (κ2) is 8.47. The molecule has 1 aliphatic heterocycles. The van der Waals surface area contributed by atoms with Crippen LogP contribution in [0.5, 0.6) is 0 Å². The van der Waals surface area contributed by atoms with Crippen molar-refractivity contribution < 1.29 is 0 Å². The van der Waals surface area contributed by atoms with E-state index in [1.165, 1.54) is 43.1 Å². The molecule has 2 rings (SSSR count). The summed E-state index contributed by atoms with van der Waals surface area (Å²) in [5.74, 6) is 0.916. The molecule has 3 nitrogen and oxygen atoms in total. The molecule has 0 aliphatic carbocycles. The molecule has 0 atom stereocenters. The highest BCUT2D eigenvalue weighted by molar-refractivity contribution is 7.09. The lowest BCUT2D eigenvalue weighted by Gasteiger charge is -2.31. The fourth-order valence-corrected chi connectivity index (χ4v) is 3.63. The minimum Gasteiger partial charge on any atom is -0.320 e. The van der Waals surface area contributed by atoms with Crippen LogP contribution in [0.4, 0.5) is 0 Å². The minimum atomic E-state index is 0. The summed E-state index contributed by atoms with van der Waals surface area (Å²) in [6.07, 6.45) is 4.02. The summed E-state index contributed by atoms with van der Waals surface area (Å²) in [7, 11) is 2.05. The molecule has 1 saturated heterocycles. The van der Waals surface area contributed by atoms with E-state index in [1.54, 1.807) is 0 Å². The van der Waals surface area contributed by atoms with Crippen molar-refractivity contribution in [2.24, 2.45) is 5.92 Å². The van der Waals surface area contributed by atoms with E-state index in [-0.39, 0.29) is 17.8 Å². The molecule has 0 bridgehead atoms. The van der Waals surface area contributed by atoms with Gasteiger partial charge in [-0.3, -0.25) is 4.90 Å². The average Bonchev–Trinajstić information content (AvgIpc) is 2.86. The van der Waals surface area contributed by atoms with Gasteiger partial charge < -0.3 is 5.32 Å². The van der Waals surface area contributed by atoms with E-state index in [1.807, 2.05) is 18.4 Å². The zero-order chi connectivity index (χ0) is 14.6.